The van der Waals surface area contributed by atoms with Crippen molar-refractivity contribution in [2.45, 2.75) is 251 Å². The zero-order chi connectivity index (χ0) is 43.6. The molecule has 9 heteroatoms. The molecule has 0 saturated carbocycles. The van der Waals surface area contributed by atoms with E-state index in [4.69, 9.17) is 9.05 Å². The molecule has 350 valence electrons. The van der Waals surface area contributed by atoms with Crippen LogP contribution in [0.1, 0.15) is 239 Å². The number of phosphoric acid groups is 1. The van der Waals surface area contributed by atoms with Gasteiger partial charge in [-0.25, -0.2) is 4.57 Å². The zero-order valence-electron chi connectivity index (χ0n) is 39.8. The molecule has 0 saturated heterocycles. The number of carbonyl (C=O) groups is 1. The minimum absolute atomic E-state index is 0.0730. The highest BCUT2D eigenvalue weighted by atomic mass is 31.2. The third-order valence-corrected chi connectivity index (χ3v) is 12.5. The van der Waals surface area contributed by atoms with Crippen molar-refractivity contribution >= 4 is 13.7 Å². The molecule has 0 aromatic rings. The lowest BCUT2D eigenvalue weighted by Crippen LogP contribution is -2.46. The summed E-state index contributed by atoms with van der Waals surface area (Å²) < 4.78 is 23.7. The first kappa shape index (κ1) is 58.0. The first-order valence-corrected chi connectivity index (χ1v) is 26.7. The number of aliphatic hydroxyl groups is 1. The summed E-state index contributed by atoms with van der Waals surface area (Å²) in [6.45, 7) is 4.87. The second-order valence-corrected chi connectivity index (χ2v) is 20.0. The molecule has 0 rings (SSSR count). The number of quaternary nitrogens is 1. The molecular formula is C50H100N2O6P+. The summed E-state index contributed by atoms with van der Waals surface area (Å²) in [6.07, 6.45) is 50.7. The van der Waals surface area contributed by atoms with Gasteiger partial charge in [0.2, 0.25) is 5.91 Å². The topological polar surface area (TPSA) is 105 Å². The van der Waals surface area contributed by atoms with E-state index in [-0.39, 0.29) is 19.1 Å². The van der Waals surface area contributed by atoms with E-state index in [1.807, 2.05) is 21.1 Å². The Labute approximate surface area is 366 Å². The molecule has 3 N–H and O–H groups in total. The average molecular weight is 856 g/mol. The Kier molecular flexibility index (Phi) is 41.6. The number of aliphatic hydroxyl groups excluding tert-OH is 1. The third-order valence-electron chi connectivity index (χ3n) is 11.5. The predicted molar refractivity (Wildman–Crippen MR) is 254 cm³/mol. The number of nitrogens with one attached hydrogen (secondary N) is 1. The molecule has 0 aromatic heterocycles. The molecule has 0 radical (unpaired) electrons. The minimum Gasteiger partial charge on any atom is -0.391 e. The number of hydrogen-bond donors (Lipinski definition) is 3. The monoisotopic (exact) mass is 856 g/mol. The van der Waals surface area contributed by atoms with Crippen LogP contribution in [-0.2, 0) is 18.4 Å². The molecule has 0 spiro atoms. The number of carbonyl (C=O) groups excluding carboxylic acids is 1. The molecule has 0 aliphatic rings. The van der Waals surface area contributed by atoms with Crippen LogP contribution in [0.2, 0.25) is 0 Å². The molecule has 0 aliphatic carbocycles. The number of rotatable bonds is 46. The molecule has 0 aromatic carbocycles. The van der Waals surface area contributed by atoms with Gasteiger partial charge in [-0.05, 0) is 38.5 Å². The highest BCUT2D eigenvalue weighted by molar-refractivity contribution is 7.47. The second kappa shape index (κ2) is 42.3. The van der Waals surface area contributed by atoms with Crippen molar-refractivity contribution in [3.8, 4) is 0 Å². The second-order valence-electron chi connectivity index (χ2n) is 18.6. The maximum atomic E-state index is 12.9. The van der Waals surface area contributed by atoms with Crippen molar-refractivity contribution in [2.24, 2.45) is 0 Å². The molecule has 0 fully saturated rings. The molecule has 3 unspecified atom stereocenters. The van der Waals surface area contributed by atoms with Crippen LogP contribution in [0.25, 0.3) is 0 Å². The standard InChI is InChI=1S/C50H99N2O6P/c1-6-8-10-12-14-16-18-20-22-23-24-25-26-27-28-30-31-33-35-37-39-41-43-49(53)48(47-58-59(55,56)57-46-45-52(3,4)5)51-50(54)44-42-40-38-36-34-32-29-21-19-17-15-13-11-9-7-2/h15,17,19,21,48-49,53H,6-14,16,18,20,22-47H2,1-5H3,(H-,51,54,55,56)/p+1/b17-15-,21-19-. The fraction of sp³-hybridized carbons (Fsp3) is 0.900. The van der Waals surface area contributed by atoms with Gasteiger partial charge in [0.15, 0.2) is 0 Å². The van der Waals surface area contributed by atoms with Gasteiger partial charge in [-0.2, -0.15) is 0 Å². The Bertz CT molecular complexity index is 1020. The Morgan fingerprint density at radius 3 is 1.39 bits per heavy atom. The van der Waals surface area contributed by atoms with Gasteiger partial charge in [-0.1, -0.05) is 218 Å². The first-order chi connectivity index (χ1) is 28.5. The number of allylic oxidation sites excluding steroid dienone is 4. The quantitative estimate of drug-likeness (QED) is 0.0244. The minimum atomic E-state index is -4.32. The van der Waals surface area contributed by atoms with E-state index in [9.17, 15) is 19.4 Å². The van der Waals surface area contributed by atoms with Gasteiger partial charge in [0.1, 0.15) is 13.2 Å². The largest absolute Gasteiger partial charge is 0.472 e. The lowest BCUT2D eigenvalue weighted by Gasteiger charge is -2.26. The zero-order valence-corrected chi connectivity index (χ0v) is 40.7. The van der Waals surface area contributed by atoms with Gasteiger partial charge in [-0.3, -0.25) is 13.8 Å². The lowest BCUT2D eigenvalue weighted by molar-refractivity contribution is -0.870. The normalized spacial score (nSPS) is 14.4. The summed E-state index contributed by atoms with van der Waals surface area (Å²) in [4.78, 5) is 23.2. The summed E-state index contributed by atoms with van der Waals surface area (Å²) in [5, 5.41) is 14.0. The van der Waals surface area contributed by atoms with Crippen LogP contribution in [0.4, 0.5) is 0 Å². The van der Waals surface area contributed by atoms with Crippen molar-refractivity contribution in [1.29, 1.82) is 0 Å². The molecule has 59 heavy (non-hydrogen) atoms. The van der Waals surface area contributed by atoms with Crippen LogP contribution < -0.4 is 5.32 Å². The maximum absolute atomic E-state index is 12.9. The smallest absolute Gasteiger partial charge is 0.391 e. The van der Waals surface area contributed by atoms with Gasteiger partial charge in [0, 0.05) is 6.42 Å². The van der Waals surface area contributed by atoms with Crippen LogP contribution in [0.3, 0.4) is 0 Å². The Morgan fingerprint density at radius 1 is 0.576 bits per heavy atom. The van der Waals surface area contributed by atoms with Gasteiger partial charge in [0.05, 0.1) is 39.9 Å². The van der Waals surface area contributed by atoms with Gasteiger partial charge < -0.3 is 19.8 Å². The van der Waals surface area contributed by atoms with Crippen LogP contribution in [0, 0.1) is 0 Å². The fourth-order valence-corrected chi connectivity index (χ4v) is 8.19. The van der Waals surface area contributed by atoms with E-state index in [1.54, 1.807) is 0 Å². The number of nitrogens with zero attached hydrogens (tertiary/aromatic N) is 1. The fourth-order valence-electron chi connectivity index (χ4n) is 7.45. The highest BCUT2D eigenvalue weighted by Crippen LogP contribution is 2.43. The van der Waals surface area contributed by atoms with E-state index in [2.05, 4.69) is 43.5 Å². The van der Waals surface area contributed by atoms with Crippen LogP contribution >= 0.6 is 7.82 Å². The SMILES string of the molecule is CCCCC/C=C\C=C/CCCCCCCCC(=O)NC(COP(=O)(O)OCC[N+](C)(C)C)C(O)CCCCCCCCCCCCCCCCCCCCCCCC. The van der Waals surface area contributed by atoms with Gasteiger partial charge in [-0.15, -0.1) is 0 Å². The van der Waals surface area contributed by atoms with E-state index < -0.39 is 20.0 Å². The van der Waals surface area contributed by atoms with E-state index in [1.165, 1.54) is 161 Å². The molecule has 0 heterocycles. The molecule has 0 aliphatic heterocycles. The van der Waals surface area contributed by atoms with Crippen molar-refractivity contribution in [2.75, 3.05) is 40.9 Å². The Morgan fingerprint density at radius 2 is 0.949 bits per heavy atom. The summed E-state index contributed by atoms with van der Waals surface area (Å²) >= 11 is 0. The summed E-state index contributed by atoms with van der Waals surface area (Å²) in [5.74, 6) is -0.154. The van der Waals surface area contributed by atoms with Gasteiger partial charge in [0.25, 0.3) is 0 Å². The summed E-state index contributed by atoms with van der Waals surface area (Å²) in [7, 11) is 1.61. The summed E-state index contributed by atoms with van der Waals surface area (Å²) in [5.41, 5.74) is 0. The Balaban J connectivity index is 4.25. The van der Waals surface area contributed by atoms with Crippen LogP contribution in [-0.4, -0.2) is 73.4 Å². The number of hydrogen-bond acceptors (Lipinski definition) is 5. The van der Waals surface area contributed by atoms with Crippen LogP contribution in [0.15, 0.2) is 24.3 Å². The average Bonchev–Trinajstić information content (AvgIpc) is 3.19. The van der Waals surface area contributed by atoms with Crippen molar-refractivity contribution in [1.82, 2.24) is 5.32 Å². The Hall–Kier alpha value is -1.02. The first-order valence-electron chi connectivity index (χ1n) is 25.2. The van der Waals surface area contributed by atoms with Gasteiger partial charge >= 0.3 is 7.82 Å². The third kappa shape index (κ3) is 44.8. The van der Waals surface area contributed by atoms with Crippen LogP contribution in [0.5, 0.6) is 0 Å². The maximum Gasteiger partial charge on any atom is 0.472 e. The van der Waals surface area contributed by atoms with Crippen molar-refractivity contribution in [3.63, 3.8) is 0 Å². The number of amides is 1. The molecule has 0 bridgehead atoms. The number of likely N-dealkylation sites (N-methyl/N-ethyl adjacent to an activating group) is 1. The molecule has 8 nitrogen and oxygen atoms in total. The summed E-state index contributed by atoms with van der Waals surface area (Å²) in [6, 6.07) is -0.765. The van der Waals surface area contributed by atoms with E-state index in [0.717, 1.165) is 51.4 Å². The lowest BCUT2D eigenvalue weighted by atomic mass is 10.0. The molecular weight excluding hydrogens is 756 g/mol. The van der Waals surface area contributed by atoms with Crippen molar-refractivity contribution < 1.29 is 32.9 Å². The molecule has 1 amide bonds. The number of unbranched alkanes of at least 4 members (excludes halogenated alkanes) is 30. The molecule has 3 atom stereocenters. The van der Waals surface area contributed by atoms with E-state index in [0.29, 0.717) is 23.9 Å². The predicted octanol–water partition coefficient (Wildman–Crippen LogP) is 14.5. The van der Waals surface area contributed by atoms with Crippen molar-refractivity contribution in [3.05, 3.63) is 24.3 Å². The van der Waals surface area contributed by atoms with E-state index >= 15 is 0 Å². The number of phosphoric ester groups is 1. The highest BCUT2D eigenvalue weighted by Gasteiger charge is 2.28.